The first kappa shape index (κ1) is 16.2. The summed E-state index contributed by atoms with van der Waals surface area (Å²) in [7, 11) is -3.72. The van der Waals surface area contributed by atoms with Gasteiger partial charge in [0.05, 0.1) is 11.4 Å². The zero-order valence-corrected chi connectivity index (χ0v) is 13.4. The Balaban J connectivity index is 0.00000180. The number of hydrogen-bond donors (Lipinski definition) is 3. The van der Waals surface area contributed by atoms with Crippen molar-refractivity contribution in [1.29, 1.82) is 0 Å². The van der Waals surface area contributed by atoms with Crippen molar-refractivity contribution in [2.75, 3.05) is 0 Å². The van der Waals surface area contributed by atoms with E-state index in [4.69, 9.17) is 10.9 Å². The number of benzene rings is 1. The first-order valence-corrected chi connectivity index (χ1v) is 7.18. The fourth-order valence-corrected chi connectivity index (χ4v) is 2.33. The van der Waals surface area contributed by atoms with Gasteiger partial charge in [-0.3, -0.25) is 0 Å². The molecule has 8 heteroatoms. The van der Waals surface area contributed by atoms with Gasteiger partial charge in [-0.2, -0.15) is 0 Å². The van der Waals surface area contributed by atoms with Crippen LogP contribution in [0.25, 0.3) is 0 Å². The van der Waals surface area contributed by atoms with Crippen molar-refractivity contribution >= 4 is 40.0 Å². The average molecular weight is 396 g/mol. The number of nitrogens with zero attached hydrogens (tertiary/aromatic N) is 1. The quantitative estimate of drug-likeness (QED) is 0.392. The summed E-state index contributed by atoms with van der Waals surface area (Å²) in [5.74, 6) is 0.335. The van der Waals surface area contributed by atoms with Crippen LogP contribution in [-0.2, 0) is 16.6 Å². The number of rotatable bonds is 4. The van der Waals surface area contributed by atoms with E-state index in [1.54, 1.807) is 18.2 Å². The maximum absolute atomic E-state index is 11.4. The summed E-state index contributed by atoms with van der Waals surface area (Å²) in [6, 6.07) is 6.92. The van der Waals surface area contributed by atoms with Gasteiger partial charge in [-0.1, -0.05) is 18.2 Å². The van der Waals surface area contributed by atoms with Gasteiger partial charge in [0.15, 0.2) is 5.96 Å². The molecule has 5 N–H and O–H groups in total. The second kappa shape index (κ2) is 6.53. The molecule has 1 fully saturated rings. The van der Waals surface area contributed by atoms with Crippen LogP contribution in [0.1, 0.15) is 18.4 Å². The summed E-state index contributed by atoms with van der Waals surface area (Å²) in [5.41, 5.74) is 6.22. The highest BCUT2D eigenvalue weighted by Crippen LogP contribution is 2.18. The molecule has 0 amide bonds. The van der Waals surface area contributed by atoms with Gasteiger partial charge in [-0.05, 0) is 24.5 Å². The Morgan fingerprint density at radius 3 is 2.58 bits per heavy atom. The molecule has 0 aliphatic heterocycles. The van der Waals surface area contributed by atoms with E-state index in [1.165, 1.54) is 6.07 Å². The number of nitrogens with one attached hydrogen (secondary N) is 1. The minimum Gasteiger partial charge on any atom is -0.370 e. The van der Waals surface area contributed by atoms with Gasteiger partial charge in [0.25, 0.3) is 0 Å². The van der Waals surface area contributed by atoms with Crippen LogP contribution in [0.5, 0.6) is 0 Å². The number of aliphatic imine (C=N–C) groups is 1. The molecule has 6 nitrogen and oxygen atoms in total. The molecular formula is C11H17IN4O2S. The monoisotopic (exact) mass is 396 g/mol. The lowest BCUT2D eigenvalue weighted by Crippen LogP contribution is -2.33. The first-order valence-electron chi connectivity index (χ1n) is 5.64. The van der Waals surface area contributed by atoms with Crippen LogP contribution in [0.2, 0.25) is 0 Å². The van der Waals surface area contributed by atoms with Crippen molar-refractivity contribution in [3.05, 3.63) is 29.8 Å². The highest BCUT2D eigenvalue weighted by atomic mass is 127. The van der Waals surface area contributed by atoms with Crippen LogP contribution in [0.15, 0.2) is 34.2 Å². The van der Waals surface area contributed by atoms with Crippen LogP contribution >= 0.6 is 24.0 Å². The van der Waals surface area contributed by atoms with Crippen LogP contribution in [0.4, 0.5) is 0 Å². The van der Waals surface area contributed by atoms with E-state index in [9.17, 15) is 8.42 Å². The molecule has 0 radical (unpaired) electrons. The zero-order valence-electron chi connectivity index (χ0n) is 10.2. The summed E-state index contributed by atoms with van der Waals surface area (Å²) >= 11 is 0. The molecule has 0 aromatic heterocycles. The largest absolute Gasteiger partial charge is 0.370 e. The summed E-state index contributed by atoms with van der Waals surface area (Å²) in [5, 5.41) is 8.16. The molecule has 0 spiro atoms. The molecule has 0 bridgehead atoms. The van der Waals surface area contributed by atoms with E-state index in [0.717, 1.165) is 12.8 Å². The second-order valence-corrected chi connectivity index (χ2v) is 5.80. The summed E-state index contributed by atoms with van der Waals surface area (Å²) in [6.07, 6.45) is 2.20. The van der Waals surface area contributed by atoms with Gasteiger partial charge in [0, 0.05) is 6.04 Å². The fraction of sp³-hybridized carbons (Fsp3) is 0.364. The molecule has 1 saturated carbocycles. The van der Waals surface area contributed by atoms with Gasteiger partial charge < -0.3 is 11.1 Å². The Morgan fingerprint density at radius 2 is 2.00 bits per heavy atom. The maximum Gasteiger partial charge on any atom is 0.238 e. The number of nitrogens with two attached hydrogens (primary N) is 2. The van der Waals surface area contributed by atoms with Crippen LogP contribution < -0.4 is 16.2 Å². The number of hydrogen-bond acceptors (Lipinski definition) is 3. The smallest absolute Gasteiger partial charge is 0.238 e. The Kier molecular flexibility index (Phi) is 5.56. The third kappa shape index (κ3) is 4.96. The lowest BCUT2D eigenvalue weighted by molar-refractivity contribution is 0.596. The Labute approximate surface area is 129 Å². The predicted molar refractivity (Wildman–Crippen MR) is 84.7 cm³/mol. The molecule has 19 heavy (non-hydrogen) atoms. The van der Waals surface area contributed by atoms with Gasteiger partial charge in [-0.15, -0.1) is 24.0 Å². The molecule has 1 aromatic rings. The number of guanidine groups is 1. The van der Waals surface area contributed by atoms with Gasteiger partial charge in [0.1, 0.15) is 0 Å². The summed E-state index contributed by atoms with van der Waals surface area (Å²) in [6.45, 7) is 0.193. The molecule has 2 rings (SSSR count). The van der Waals surface area contributed by atoms with Gasteiger partial charge in [-0.25, -0.2) is 18.5 Å². The van der Waals surface area contributed by atoms with Crippen molar-refractivity contribution in [1.82, 2.24) is 5.32 Å². The Morgan fingerprint density at radius 1 is 1.37 bits per heavy atom. The van der Waals surface area contributed by atoms with Crippen LogP contribution in [0.3, 0.4) is 0 Å². The topological polar surface area (TPSA) is 111 Å². The van der Waals surface area contributed by atoms with E-state index in [2.05, 4.69) is 10.3 Å². The molecule has 1 aliphatic carbocycles. The number of sulfonamides is 1. The second-order valence-electron chi connectivity index (χ2n) is 4.27. The van der Waals surface area contributed by atoms with E-state index in [-0.39, 0.29) is 35.4 Å². The lowest BCUT2D eigenvalue weighted by atomic mass is 10.2. The standard InChI is InChI=1S/C11H16N4O2S.HI/c12-11(15-9-5-6-9)14-7-8-3-1-2-4-10(8)18(13,16)17;/h1-4,9H,5-7H2,(H3,12,14,15)(H2,13,16,17);1H. The summed E-state index contributed by atoms with van der Waals surface area (Å²) in [4.78, 5) is 4.20. The van der Waals surface area contributed by atoms with E-state index in [0.29, 0.717) is 17.6 Å². The van der Waals surface area contributed by atoms with Crippen LogP contribution in [0, 0.1) is 0 Å². The number of halogens is 1. The molecule has 1 aromatic carbocycles. The van der Waals surface area contributed by atoms with E-state index >= 15 is 0 Å². The Hall–Kier alpha value is -0.870. The molecule has 0 saturated heterocycles. The molecular weight excluding hydrogens is 379 g/mol. The molecule has 0 heterocycles. The van der Waals surface area contributed by atoms with Crippen LogP contribution in [-0.4, -0.2) is 20.4 Å². The van der Waals surface area contributed by atoms with Gasteiger partial charge >= 0.3 is 0 Å². The highest BCUT2D eigenvalue weighted by Gasteiger charge is 2.21. The van der Waals surface area contributed by atoms with Crippen molar-refractivity contribution < 1.29 is 8.42 Å². The minimum atomic E-state index is -3.72. The van der Waals surface area contributed by atoms with Crippen molar-refractivity contribution in [3.63, 3.8) is 0 Å². The molecule has 106 valence electrons. The highest BCUT2D eigenvalue weighted by molar-refractivity contribution is 14.0. The number of primary sulfonamides is 1. The lowest BCUT2D eigenvalue weighted by Gasteiger charge is -2.06. The van der Waals surface area contributed by atoms with Crippen molar-refractivity contribution in [3.8, 4) is 0 Å². The minimum absolute atomic E-state index is 0. The molecule has 1 aliphatic rings. The van der Waals surface area contributed by atoms with E-state index in [1.807, 2.05) is 0 Å². The van der Waals surface area contributed by atoms with E-state index < -0.39 is 10.0 Å². The fourth-order valence-electron chi connectivity index (χ4n) is 1.56. The first-order chi connectivity index (χ1) is 8.47. The predicted octanol–water partition coefficient (Wildman–Crippen LogP) is 0.519. The van der Waals surface area contributed by atoms with Crippen molar-refractivity contribution in [2.24, 2.45) is 15.9 Å². The molecule has 0 unspecified atom stereocenters. The third-order valence-corrected chi connectivity index (χ3v) is 3.64. The Bertz CT molecular complexity index is 570. The normalized spacial score (nSPS) is 15.7. The average Bonchev–Trinajstić information content (AvgIpc) is 3.09. The summed E-state index contributed by atoms with van der Waals surface area (Å²) < 4.78 is 22.7. The van der Waals surface area contributed by atoms with Crippen molar-refractivity contribution in [2.45, 2.75) is 30.3 Å². The van der Waals surface area contributed by atoms with Gasteiger partial charge in [0.2, 0.25) is 10.0 Å². The zero-order chi connectivity index (χ0) is 13.2. The third-order valence-electron chi connectivity index (χ3n) is 2.63. The maximum atomic E-state index is 11.4. The molecule has 0 atom stereocenters. The SMILES string of the molecule is I.NC(=NCc1ccccc1S(N)(=O)=O)NC1CC1.